The number of halogens is 2. The maximum Gasteiger partial charge on any atom is 0.251 e. The first kappa shape index (κ1) is 37.4. The lowest BCUT2D eigenvalue weighted by Gasteiger charge is -2.16. The number of hydrogen-bond donors (Lipinski definition) is 0. The van der Waals surface area contributed by atoms with Crippen LogP contribution in [0, 0.1) is 0 Å². The summed E-state index contributed by atoms with van der Waals surface area (Å²) >= 11 is 13.1. The predicted molar refractivity (Wildman–Crippen MR) is 147 cm³/mol. The average molecular weight is 598 g/mol. The van der Waals surface area contributed by atoms with Gasteiger partial charge >= 0.3 is 0 Å². The SMILES string of the molecule is COCCOCCOCCOCCOCCC[Si](Cl)(Cl)CCCOCCOCCOCCOCCOC. The van der Waals surface area contributed by atoms with Crippen molar-refractivity contribution in [1.82, 2.24) is 0 Å². The molecule has 0 N–H and O–H groups in total. The third-order valence-corrected chi connectivity index (χ3v) is 9.20. The molecule has 224 valence electrons. The molecule has 0 aromatic heterocycles. The standard InChI is InChI=1S/C24H50Cl2O10Si/c1-27-7-9-31-15-17-35-21-19-33-13-11-29-5-3-23-37(25,26)24-4-6-30-12-14-34-20-22-36-18-16-32-10-8-28-2/h3-24H2,1-2H3. The maximum absolute atomic E-state index is 6.54. The maximum atomic E-state index is 6.54. The smallest absolute Gasteiger partial charge is 0.251 e. The molecule has 0 saturated carbocycles. The zero-order valence-electron chi connectivity index (χ0n) is 22.9. The summed E-state index contributed by atoms with van der Waals surface area (Å²) in [5, 5.41) is 0. The van der Waals surface area contributed by atoms with Crippen molar-refractivity contribution in [2.45, 2.75) is 24.9 Å². The van der Waals surface area contributed by atoms with Gasteiger partial charge in [-0.1, -0.05) is 0 Å². The van der Waals surface area contributed by atoms with E-state index in [1.54, 1.807) is 14.2 Å². The molecule has 13 heteroatoms. The second-order valence-corrected chi connectivity index (χ2v) is 15.6. The zero-order chi connectivity index (χ0) is 27.1. The van der Waals surface area contributed by atoms with Gasteiger partial charge in [-0.25, -0.2) is 0 Å². The minimum Gasteiger partial charge on any atom is -0.382 e. The summed E-state index contributed by atoms with van der Waals surface area (Å²) in [6.45, 7) is 7.91. The number of ether oxygens (including phenoxy) is 10. The van der Waals surface area contributed by atoms with E-state index in [1.165, 1.54) is 0 Å². The fraction of sp³-hybridized carbons (Fsp3) is 1.00. The van der Waals surface area contributed by atoms with Crippen LogP contribution in [0.25, 0.3) is 0 Å². The van der Waals surface area contributed by atoms with Gasteiger partial charge < -0.3 is 47.4 Å². The Labute approximate surface area is 234 Å². The summed E-state index contributed by atoms with van der Waals surface area (Å²) < 4.78 is 53.3. The summed E-state index contributed by atoms with van der Waals surface area (Å²) in [6, 6.07) is 1.61. The normalized spacial score (nSPS) is 12.0. The van der Waals surface area contributed by atoms with Crippen molar-refractivity contribution in [3.63, 3.8) is 0 Å². The second kappa shape index (κ2) is 30.9. The Morgan fingerprint density at radius 3 is 0.811 bits per heavy atom. The van der Waals surface area contributed by atoms with Crippen LogP contribution in [0.15, 0.2) is 0 Å². The van der Waals surface area contributed by atoms with E-state index < -0.39 is 6.69 Å². The molecule has 0 atom stereocenters. The summed E-state index contributed by atoms with van der Waals surface area (Å²) in [4.78, 5) is 0. The molecular formula is C24H50Cl2O10Si. The molecule has 0 aromatic rings. The minimum atomic E-state index is -2.26. The van der Waals surface area contributed by atoms with Crippen molar-refractivity contribution in [3.8, 4) is 0 Å². The van der Waals surface area contributed by atoms with Crippen molar-refractivity contribution in [1.29, 1.82) is 0 Å². The molecular weight excluding hydrogens is 547 g/mol. The van der Waals surface area contributed by atoms with Gasteiger partial charge in [-0.15, -0.1) is 22.2 Å². The zero-order valence-corrected chi connectivity index (χ0v) is 25.4. The Kier molecular flexibility index (Phi) is 31.3. The lowest BCUT2D eigenvalue weighted by molar-refractivity contribution is -0.00778. The summed E-state index contributed by atoms with van der Waals surface area (Å²) in [6.07, 6.45) is 1.70. The first-order chi connectivity index (χ1) is 18.1. The topological polar surface area (TPSA) is 92.3 Å². The fourth-order valence-corrected chi connectivity index (χ4v) is 5.98. The monoisotopic (exact) mass is 596 g/mol. The molecule has 0 aliphatic heterocycles. The van der Waals surface area contributed by atoms with E-state index in [4.69, 9.17) is 69.5 Å². The van der Waals surface area contributed by atoms with E-state index in [0.29, 0.717) is 119 Å². The average Bonchev–Trinajstić information content (AvgIpc) is 2.88. The van der Waals surface area contributed by atoms with Gasteiger partial charge in [-0.3, -0.25) is 0 Å². The fourth-order valence-electron chi connectivity index (χ4n) is 2.80. The molecule has 0 radical (unpaired) electrons. The Morgan fingerprint density at radius 1 is 0.351 bits per heavy atom. The van der Waals surface area contributed by atoms with Crippen molar-refractivity contribution in [2.75, 3.05) is 133 Å². The Balaban J connectivity index is 3.27. The summed E-state index contributed by atoms with van der Waals surface area (Å²) in [5.74, 6) is 0. The van der Waals surface area contributed by atoms with Gasteiger partial charge in [0.05, 0.1) is 106 Å². The van der Waals surface area contributed by atoms with Gasteiger partial charge in [0.2, 0.25) is 0 Å². The molecule has 0 saturated heterocycles. The first-order valence-corrected chi connectivity index (χ1v) is 17.5. The highest BCUT2D eigenvalue weighted by atomic mass is 35.7. The molecule has 0 aliphatic rings. The van der Waals surface area contributed by atoms with Gasteiger partial charge in [0.1, 0.15) is 0 Å². The Hall–Kier alpha value is 0.397. The molecule has 0 aliphatic carbocycles. The van der Waals surface area contributed by atoms with Crippen LogP contribution >= 0.6 is 22.2 Å². The van der Waals surface area contributed by atoms with Gasteiger partial charge in [0.15, 0.2) is 0 Å². The van der Waals surface area contributed by atoms with E-state index >= 15 is 0 Å². The molecule has 0 bridgehead atoms. The highest BCUT2D eigenvalue weighted by Crippen LogP contribution is 2.28. The molecule has 37 heavy (non-hydrogen) atoms. The Morgan fingerprint density at radius 2 is 0.568 bits per heavy atom. The van der Waals surface area contributed by atoms with Gasteiger partial charge in [-0.05, 0) is 24.9 Å². The van der Waals surface area contributed by atoms with Gasteiger partial charge in [0.25, 0.3) is 6.69 Å². The van der Waals surface area contributed by atoms with Crippen LogP contribution in [-0.4, -0.2) is 140 Å². The minimum absolute atomic E-state index is 0.537. The number of methoxy groups -OCH3 is 2. The van der Waals surface area contributed by atoms with Crippen LogP contribution in [0.3, 0.4) is 0 Å². The third-order valence-electron chi connectivity index (χ3n) is 4.76. The van der Waals surface area contributed by atoms with Crippen molar-refractivity contribution in [3.05, 3.63) is 0 Å². The molecule has 0 heterocycles. The second-order valence-electron chi connectivity index (χ2n) is 7.95. The lowest BCUT2D eigenvalue weighted by atomic mass is 10.5. The van der Waals surface area contributed by atoms with Crippen molar-refractivity contribution < 1.29 is 47.4 Å². The summed E-state index contributed by atoms with van der Waals surface area (Å²) in [5.41, 5.74) is 0. The van der Waals surface area contributed by atoms with E-state index in [2.05, 4.69) is 0 Å². The van der Waals surface area contributed by atoms with Crippen LogP contribution in [0.5, 0.6) is 0 Å². The van der Waals surface area contributed by atoms with Crippen LogP contribution < -0.4 is 0 Å². The van der Waals surface area contributed by atoms with Crippen LogP contribution in [-0.2, 0) is 47.4 Å². The van der Waals surface area contributed by atoms with Gasteiger partial charge in [0, 0.05) is 27.4 Å². The van der Waals surface area contributed by atoms with Crippen LogP contribution in [0.2, 0.25) is 12.1 Å². The molecule has 0 spiro atoms. The molecule has 0 unspecified atom stereocenters. The summed E-state index contributed by atoms with van der Waals surface area (Å²) in [7, 11) is 3.29. The van der Waals surface area contributed by atoms with Gasteiger partial charge in [-0.2, -0.15) is 0 Å². The highest BCUT2D eigenvalue weighted by Gasteiger charge is 2.27. The molecule has 0 fully saturated rings. The van der Waals surface area contributed by atoms with Crippen LogP contribution in [0.1, 0.15) is 12.8 Å². The first-order valence-electron chi connectivity index (χ1n) is 13.1. The molecule has 0 rings (SSSR count). The molecule has 0 aromatic carbocycles. The highest BCUT2D eigenvalue weighted by molar-refractivity contribution is 7.45. The van der Waals surface area contributed by atoms with Crippen molar-refractivity contribution >= 4 is 28.9 Å². The molecule has 10 nitrogen and oxygen atoms in total. The molecule has 0 amide bonds. The van der Waals surface area contributed by atoms with E-state index in [0.717, 1.165) is 24.9 Å². The predicted octanol–water partition coefficient (Wildman–Crippen LogP) is 3.11. The van der Waals surface area contributed by atoms with E-state index in [1.807, 2.05) is 0 Å². The lowest BCUT2D eigenvalue weighted by Crippen LogP contribution is -2.20. The Bertz CT molecular complexity index is 406. The number of rotatable bonds is 32. The third kappa shape index (κ3) is 32.5. The van der Waals surface area contributed by atoms with Crippen LogP contribution in [0.4, 0.5) is 0 Å². The van der Waals surface area contributed by atoms with E-state index in [9.17, 15) is 0 Å². The van der Waals surface area contributed by atoms with Crippen molar-refractivity contribution in [2.24, 2.45) is 0 Å². The number of hydrogen-bond acceptors (Lipinski definition) is 10. The quantitative estimate of drug-likeness (QED) is 0.0655. The largest absolute Gasteiger partial charge is 0.382 e. The van der Waals surface area contributed by atoms with E-state index in [-0.39, 0.29) is 0 Å².